The first-order valence-corrected chi connectivity index (χ1v) is 14.3. The van der Waals surface area contributed by atoms with E-state index in [9.17, 15) is 4.79 Å². The summed E-state index contributed by atoms with van der Waals surface area (Å²) in [5.41, 5.74) is 0.668. The van der Waals surface area contributed by atoms with E-state index in [1.54, 1.807) is 0 Å². The quantitative estimate of drug-likeness (QED) is 0.146. The third-order valence-electron chi connectivity index (χ3n) is 7.06. The summed E-state index contributed by atoms with van der Waals surface area (Å²) < 4.78 is 6.59. The topological polar surface area (TPSA) is 41.6 Å². The molecule has 0 saturated carbocycles. The van der Waals surface area contributed by atoms with Crippen molar-refractivity contribution in [2.24, 2.45) is 0 Å². The van der Waals surface area contributed by atoms with Crippen LogP contribution in [0.2, 0.25) is 0 Å². The molecule has 196 valence electrons. The van der Waals surface area contributed by atoms with Crippen molar-refractivity contribution < 1.29 is 9.53 Å². The summed E-state index contributed by atoms with van der Waals surface area (Å²) in [6.45, 7) is 14.8. The lowest BCUT2D eigenvalue weighted by Gasteiger charge is -2.36. The molecule has 0 aliphatic heterocycles. The van der Waals surface area contributed by atoms with E-state index in [1.807, 2.05) is 30.3 Å². The second-order valence-electron chi connectivity index (χ2n) is 9.80. The van der Waals surface area contributed by atoms with E-state index in [0.29, 0.717) is 0 Å². The van der Waals surface area contributed by atoms with E-state index in [1.165, 1.54) is 38.5 Å². The highest BCUT2D eigenvalue weighted by atomic mass is 16.6. The van der Waals surface area contributed by atoms with Gasteiger partial charge in [0.05, 0.1) is 0 Å². The minimum absolute atomic E-state index is 0.102. The fourth-order valence-electron chi connectivity index (χ4n) is 4.78. The Balaban J connectivity index is 3.08. The summed E-state index contributed by atoms with van der Waals surface area (Å²) in [5, 5.41) is 3.54. The number of ether oxygens (including phenoxy) is 1. The lowest BCUT2D eigenvalue weighted by atomic mass is 9.85. The van der Waals surface area contributed by atoms with Crippen molar-refractivity contribution in [1.29, 1.82) is 0 Å². The van der Waals surface area contributed by atoms with Gasteiger partial charge in [-0.05, 0) is 57.2 Å². The Hall–Kier alpha value is -1.39. The SMILES string of the molecule is CCCCCC(CCCCC)(CCCCC)OC(=O)C(NCCN(CC)CC)c1ccccc1. The van der Waals surface area contributed by atoms with E-state index in [2.05, 4.69) is 44.8 Å². The zero-order valence-electron chi connectivity index (χ0n) is 23.0. The number of rotatable bonds is 21. The Bertz CT molecular complexity index is 589. The average molecular weight is 475 g/mol. The lowest BCUT2D eigenvalue weighted by molar-refractivity contribution is -0.166. The van der Waals surface area contributed by atoms with Gasteiger partial charge in [-0.3, -0.25) is 5.32 Å². The predicted octanol–water partition coefficient (Wildman–Crippen LogP) is 7.68. The summed E-state index contributed by atoms with van der Waals surface area (Å²) >= 11 is 0. The third kappa shape index (κ3) is 11.8. The Kier molecular flexibility index (Phi) is 17.0. The lowest BCUT2D eigenvalue weighted by Crippen LogP contribution is -2.42. The number of hydrogen-bond acceptors (Lipinski definition) is 4. The largest absolute Gasteiger partial charge is 0.458 e. The molecule has 1 rings (SSSR count). The van der Waals surface area contributed by atoms with Crippen LogP contribution >= 0.6 is 0 Å². The van der Waals surface area contributed by atoms with E-state index >= 15 is 0 Å². The number of hydrogen-bond donors (Lipinski definition) is 1. The molecule has 34 heavy (non-hydrogen) atoms. The van der Waals surface area contributed by atoms with E-state index < -0.39 is 6.04 Å². The van der Waals surface area contributed by atoms with E-state index in [4.69, 9.17) is 4.74 Å². The van der Waals surface area contributed by atoms with Crippen LogP contribution in [-0.4, -0.2) is 42.6 Å². The molecular weight excluding hydrogens is 420 g/mol. The van der Waals surface area contributed by atoms with Crippen molar-refractivity contribution in [1.82, 2.24) is 10.2 Å². The molecule has 0 spiro atoms. The highest BCUT2D eigenvalue weighted by Gasteiger charge is 2.35. The molecule has 4 heteroatoms. The number of esters is 1. The second-order valence-corrected chi connectivity index (χ2v) is 9.80. The number of likely N-dealkylation sites (N-methyl/N-ethyl adjacent to an activating group) is 1. The molecule has 1 unspecified atom stereocenters. The summed E-state index contributed by atoms with van der Waals surface area (Å²) in [6.07, 6.45) is 13.5. The summed E-state index contributed by atoms with van der Waals surface area (Å²) in [6, 6.07) is 9.70. The van der Waals surface area contributed by atoms with E-state index in [-0.39, 0.29) is 11.6 Å². The van der Waals surface area contributed by atoms with Crippen molar-refractivity contribution >= 4 is 5.97 Å². The Labute approximate surface area is 211 Å². The van der Waals surface area contributed by atoms with Crippen LogP contribution in [0.3, 0.4) is 0 Å². The minimum Gasteiger partial charge on any atom is -0.458 e. The third-order valence-corrected chi connectivity index (χ3v) is 7.06. The Morgan fingerprint density at radius 3 is 1.76 bits per heavy atom. The van der Waals surface area contributed by atoms with Gasteiger partial charge in [0, 0.05) is 13.1 Å². The van der Waals surface area contributed by atoms with Crippen molar-refractivity contribution in [3.8, 4) is 0 Å². The molecule has 0 aliphatic rings. The fraction of sp³-hybridized carbons (Fsp3) is 0.767. The highest BCUT2D eigenvalue weighted by molar-refractivity contribution is 5.78. The first-order chi connectivity index (χ1) is 16.6. The molecular formula is C30H54N2O2. The van der Waals surface area contributed by atoms with Gasteiger partial charge in [-0.15, -0.1) is 0 Å². The van der Waals surface area contributed by atoms with Crippen LogP contribution in [0.5, 0.6) is 0 Å². The summed E-state index contributed by atoms with van der Waals surface area (Å²) in [4.78, 5) is 16.2. The number of benzene rings is 1. The molecule has 0 radical (unpaired) electrons. The van der Waals surface area contributed by atoms with Crippen LogP contribution in [0.15, 0.2) is 30.3 Å². The molecule has 1 aromatic carbocycles. The molecule has 0 saturated heterocycles. The van der Waals surface area contributed by atoms with E-state index in [0.717, 1.165) is 70.3 Å². The molecule has 0 bridgehead atoms. The molecule has 0 heterocycles. The normalized spacial score (nSPS) is 12.8. The maximum Gasteiger partial charge on any atom is 0.328 e. The number of nitrogens with zero attached hydrogens (tertiary/aromatic N) is 1. The summed E-state index contributed by atoms with van der Waals surface area (Å²) in [7, 11) is 0. The van der Waals surface area contributed by atoms with Gasteiger partial charge in [-0.2, -0.15) is 0 Å². The van der Waals surface area contributed by atoms with Gasteiger partial charge in [0.25, 0.3) is 0 Å². The fourth-order valence-corrected chi connectivity index (χ4v) is 4.78. The van der Waals surface area contributed by atoms with Crippen LogP contribution in [0.4, 0.5) is 0 Å². The molecule has 4 nitrogen and oxygen atoms in total. The van der Waals surface area contributed by atoms with Gasteiger partial charge >= 0.3 is 5.97 Å². The molecule has 0 amide bonds. The van der Waals surface area contributed by atoms with Gasteiger partial charge in [-0.25, -0.2) is 4.79 Å². The predicted molar refractivity (Wildman–Crippen MR) is 146 cm³/mol. The number of carbonyl (C=O) groups is 1. The zero-order valence-corrected chi connectivity index (χ0v) is 23.0. The maximum absolute atomic E-state index is 13.8. The first kappa shape index (κ1) is 30.6. The average Bonchev–Trinajstić information content (AvgIpc) is 2.85. The van der Waals surface area contributed by atoms with Crippen LogP contribution < -0.4 is 5.32 Å². The van der Waals surface area contributed by atoms with Crippen molar-refractivity contribution in [3.05, 3.63) is 35.9 Å². The number of unbranched alkanes of at least 4 members (excludes halogenated alkanes) is 6. The van der Waals surface area contributed by atoms with Crippen molar-refractivity contribution in [2.75, 3.05) is 26.2 Å². The van der Waals surface area contributed by atoms with Crippen LogP contribution in [0, 0.1) is 0 Å². The van der Waals surface area contributed by atoms with Gasteiger partial charge < -0.3 is 9.64 Å². The van der Waals surface area contributed by atoms with Gasteiger partial charge in [-0.1, -0.05) is 103 Å². The van der Waals surface area contributed by atoms with Gasteiger partial charge in [0.15, 0.2) is 0 Å². The second kappa shape index (κ2) is 18.9. The maximum atomic E-state index is 13.8. The monoisotopic (exact) mass is 474 g/mol. The Morgan fingerprint density at radius 1 is 0.824 bits per heavy atom. The number of carbonyl (C=O) groups excluding carboxylic acids is 1. The smallest absolute Gasteiger partial charge is 0.328 e. The molecule has 1 aromatic rings. The summed E-state index contributed by atoms with van der Waals surface area (Å²) in [5.74, 6) is -0.102. The molecule has 0 fully saturated rings. The molecule has 1 atom stereocenters. The van der Waals surface area contributed by atoms with Gasteiger partial charge in [0.2, 0.25) is 0 Å². The van der Waals surface area contributed by atoms with Crippen molar-refractivity contribution in [3.63, 3.8) is 0 Å². The minimum atomic E-state index is -0.417. The van der Waals surface area contributed by atoms with Gasteiger partial charge in [0.1, 0.15) is 11.6 Å². The van der Waals surface area contributed by atoms with Crippen LogP contribution in [0.1, 0.15) is 123 Å². The van der Waals surface area contributed by atoms with Crippen LogP contribution in [0.25, 0.3) is 0 Å². The zero-order chi connectivity index (χ0) is 25.1. The standard InChI is InChI=1S/C30H54N2O2/c1-6-11-17-22-30(23-18-12-7-2,24-19-13-8-3)34-29(33)28(27-20-15-14-16-21-27)31-25-26-32(9-4)10-5/h14-16,20-21,28,31H,6-13,17-19,22-26H2,1-5H3. The van der Waals surface area contributed by atoms with Crippen LogP contribution in [-0.2, 0) is 9.53 Å². The molecule has 1 N–H and O–H groups in total. The number of nitrogens with one attached hydrogen (secondary N) is 1. The highest BCUT2D eigenvalue weighted by Crippen LogP contribution is 2.34. The Morgan fingerprint density at radius 2 is 1.32 bits per heavy atom. The molecule has 0 aromatic heterocycles. The first-order valence-electron chi connectivity index (χ1n) is 14.3. The van der Waals surface area contributed by atoms with Crippen molar-refractivity contribution in [2.45, 2.75) is 123 Å². The molecule has 0 aliphatic carbocycles.